The topological polar surface area (TPSA) is 80.2 Å². The van der Waals surface area contributed by atoms with E-state index in [2.05, 4.69) is 25.0 Å². The molecule has 26 heavy (non-hydrogen) atoms. The smallest absolute Gasteiger partial charge is 0.240 e. The third-order valence-electron chi connectivity index (χ3n) is 3.59. The SMILES string of the molecule is [2H]C1([2H])OC([2H])([2H])C([2H])([2H])N(CC(=O)Nc2ncc3ccc(-c4cccnc4)cc3n2)C1([2H])[2H]. The lowest BCUT2D eigenvalue weighted by atomic mass is 10.1. The van der Waals surface area contributed by atoms with E-state index in [9.17, 15) is 4.79 Å². The van der Waals surface area contributed by atoms with Crippen molar-refractivity contribution in [3.8, 4) is 11.1 Å². The lowest BCUT2D eigenvalue weighted by molar-refractivity contribution is -0.118. The Morgan fingerprint density at radius 3 is 2.92 bits per heavy atom. The van der Waals surface area contributed by atoms with Gasteiger partial charge in [-0.2, -0.15) is 0 Å². The van der Waals surface area contributed by atoms with Crippen molar-refractivity contribution in [1.29, 1.82) is 0 Å². The van der Waals surface area contributed by atoms with Crippen molar-refractivity contribution in [3.63, 3.8) is 0 Å². The molecule has 1 aliphatic rings. The number of aromatic nitrogens is 3. The summed E-state index contributed by atoms with van der Waals surface area (Å²) in [5.41, 5.74) is 2.18. The normalized spacial score (nSPS) is 27.4. The van der Waals surface area contributed by atoms with Crippen LogP contribution in [0.15, 0.2) is 48.9 Å². The van der Waals surface area contributed by atoms with E-state index in [1.807, 2.05) is 12.1 Å². The number of rotatable bonds is 4. The molecular weight excluding hydrogens is 330 g/mol. The van der Waals surface area contributed by atoms with Crippen molar-refractivity contribution in [1.82, 2.24) is 19.9 Å². The van der Waals surface area contributed by atoms with Crippen molar-refractivity contribution >= 4 is 22.8 Å². The molecule has 1 amide bonds. The number of anilines is 1. The Bertz CT molecular complexity index is 1220. The highest BCUT2D eigenvalue weighted by Gasteiger charge is 2.15. The van der Waals surface area contributed by atoms with Crippen LogP contribution in [0.2, 0.25) is 0 Å². The predicted molar refractivity (Wildman–Crippen MR) is 98.7 cm³/mol. The first kappa shape index (κ1) is 9.70. The van der Waals surface area contributed by atoms with Gasteiger partial charge in [0.05, 0.1) is 30.7 Å². The maximum Gasteiger partial charge on any atom is 0.240 e. The highest BCUT2D eigenvalue weighted by molar-refractivity contribution is 5.92. The molecule has 1 aromatic carbocycles. The van der Waals surface area contributed by atoms with E-state index >= 15 is 0 Å². The summed E-state index contributed by atoms with van der Waals surface area (Å²) in [6.45, 7) is -13.8. The summed E-state index contributed by atoms with van der Waals surface area (Å²) >= 11 is 0. The molecule has 1 N–H and O–H groups in total. The molecule has 0 bridgehead atoms. The molecule has 3 aromatic rings. The van der Waals surface area contributed by atoms with Crippen molar-refractivity contribution in [2.75, 3.05) is 38.0 Å². The van der Waals surface area contributed by atoms with Gasteiger partial charge in [-0.3, -0.25) is 20.0 Å². The molecule has 0 unspecified atom stereocenters. The molecule has 7 nitrogen and oxygen atoms in total. The van der Waals surface area contributed by atoms with Gasteiger partial charge in [-0.25, -0.2) is 9.97 Å². The van der Waals surface area contributed by atoms with Crippen LogP contribution in [0.3, 0.4) is 0 Å². The number of carbonyl (C=O) groups excluding carboxylic acids is 1. The first-order chi connectivity index (χ1) is 15.7. The van der Waals surface area contributed by atoms with Crippen molar-refractivity contribution < 1.29 is 20.5 Å². The number of hydrogen-bond donors (Lipinski definition) is 1. The van der Waals surface area contributed by atoms with Gasteiger partial charge in [0.15, 0.2) is 0 Å². The van der Waals surface area contributed by atoms with E-state index in [0.29, 0.717) is 10.9 Å². The molecule has 7 heteroatoms. The number of nitrogens with one attached hydrogen (secondary N) is 1. The van der Waals surface area contributed by atoms with E-state index in [0.717, 1.165) is 11.1 Å². The lowest BCUT2D eigenvalue weighted by Crippen LogP contribution is -2.41. The highest BCUT2D eigenvalue weighted by atomic mass is 16.5. The molecule has 1 aliphatic heterocycles. The van der Waals surface area contributed by atoms with Crippen LogP contribution in [0.4, 0.5) is 5.95 Å². The Morgan fingerprint density at radius 1 is 1.23 bits per heavy atom. The zero-order valence-electron chi connectivity index (χ0n) is 21.4. The van der Waals surface area contributed by atoms with Crippen LogP contribution >= 0.6 is 0 Å². The van der Waals surface area contributed by atoms with Gasteiger partial charge >= 0.3 is 0 Å². The van der Waals surface area contributed by atoms with E-state index in [-0.39, 0.29) is 10.8 Å². The highest BCUT2D eigenvalue weighted by Crippen LogP contribution is 2.23. The molecule has 0 aliphatic carbocycles. The van der Waals surface area contributed by atoms with Crippen LogP contribution in [-0.2, 0) is 9.53 Å². The minimum atomic E-state index is -3.23. The fraction of sp³-hybridized carbons (Fsp3) is 0.263. The van der Waals surface area contributed by atoms with E-state index in [1.54, 1.807) is 30.6 Å². The maximum atomic E-state index is 12.6. The van der Waals surface area contributed by atoms with Gasteiger partial charge < -0.3 is 4.74 Å². The molecule has 132 valence electrons. The maximum absolute atomic E-state index is 12.6. The van der Waals surface area contributed by atoms with Crippen LogP contribution in [0.5, 0.6) is 0 Å². The van der Waals surface area contributed by atoms with Crippen molar-refractivity contribution in [2.45, 2.75) is 0 Å². The number of morpholine rings is 1. The monoisotopic (exact) mass is 357 g/mol. The zero-order valence-corrected chi connectivity index (χ0v) is 13.4. The average molecular weight is 357 g/mol. The molecule has 0 saturated carbocycles. The van der Waals surface area contributed by atoms with E-state index < -0.39 is 38.6 Å². The van der Waals surface area contributed by atoms with Gasteiger partial charge in [-0.05, 0) is 17.7 Å². The van der Waals surface area contributed by atoms with Gasteiger partial charge in [0.2, 0.25) is 11.9 Å². The Hall–Kier alpha value is -2.90. The zero-order chi connectivity index (χ0) is 24.9. The third kappa shape index (κ3) is 3.84. The summed E-state index contributed by atoms with van der Waals surface area (Å²) in [4.78, 5) is 25.2. The average Bonchev–Trinajstić information content (AvgIpc) is 2.75. The molecule has 1 saturated heterocycles. The first-order valence-electron chi connectivity index (χ1n) is 11.7. The molecule has 1 fully saturated rings. The molecule has 0 atom stereocenters. The Morgan fingerprint density at radius 2 is 2.12 bits per heavy atom. The molecule has 0 spiro atoms. The minimum Gasteiger partial charge on any atom is -0.379 e. The van der Waals surface area contributed by atoms with Crippen molar-refractivity contribution in [3.05, 3.63) is 48.9 Å². The summed E-state index contributed by atoms with van der Waals surface area (Å²) in [6.07, 6.45) is 4.80. The van der Waals surface area contributed by atoms with Crippen LogP contribution in [-0.4, -0.2) is 58.4 Å². The number of ether oxygens (including phenoxy) is 1. The van der Waals surface area contributed by atoms with Gasteiger partial charge in [-0.15, -0.1) is 0 Å². The van der Waals surface area contributed by atoms with E-state index in [1.165, 1.54) is 6.20 Å². The molecule has 4 rings (SSSR count). The molecular formula is C19H19N5O2. The van der Waals surface area contributed by atoms with Crippen LogP contribution in [0, 0.1) is 0 Å². The number of hydrogen-bond acceptors (Lipinski definition) is 6. The summed E-state index contributed by atoms with van der Waals surface area (Å²) in [5.74, 6) is -1.11. The van der Waals surface area contributed by atoms with E-state index in [4.69, 9.17) is 11.0 Å². The Balaban J connectivity index is 1.59. The van der Waals surface area contributed by atoms with Crippen LogP contribution in [0.25, 0.3) is 22.0 Å². The first-order valence-corrected chi connectivity index (χ1v) is 7.70. The van der Waals surface area contributed by atoms with Crippen LogP contribution in [0.1, 0.15) is 11.0 Å². The fourth-order valence-corrected chi connectivity index (χ4v) is 2.39. The third-order valence-corrected chi connectivity index (χ3v) is 3.59. The van der Waals surface area contributed by atoms with Gasteiger partial charge in [0, 0.05) is 48.0 Å². The Kier molecular flexibility index (Phi) is 2.82. The number of carbonyl (C=O) groups is 1. The number of pyridine rings is 1. The molecule has 3 heterocycles. The number of fused-ring (bicyclic) bond motifs is 1. The molecule has 2 aromatic heterocycles. The van der Waals surface area contributed by atoms with Gasteiger partial charge in [0.1, 0.15) is 0 Å². The second kappa shape index (κ2) is 7.55. The quantitative estimate of drug-likeness (QED) is 0.769. The second-order valence-corrected chi connectivity index (χ2v) is 5.37. The lowest BCUT2D eigenvalue weighted by Gasteiger charge is -2.25. The largest absolute Gasteiger partial charge is 0.379 e. The fourth-order valence-electron chi connectivity index (χ4n) is 2.39. The number of amides is 1. The van der Waals surface area contributed by atoms with Gasteiger partial charge in [0.25, 0.3) is 0 Å². The van der Waals surface area contributed by atoms with Gasteiger partial charge in [-0.1, -0.05) is 18.2 Å². The summed E-state index contributed by atoms with van der Waals surface area (Å²) < 4.78 is 67.1. The van der Waals surface area contributed by atoms with Crippen molar-refractivity contribution in [2.24, 2.45) is 0 Å². The van der Waals surface area contributed by atoms with Crippen LogP contribution < -0.4 is 5.32 Å². The second-order valence-electron chi connectivity index (χ2n) is 5.37. The summed E-state index contributed by atoms with van der Waals surface area (Å²) in [7, 11) is 0. The predicted octanol–water partition coefficient (Wildman–Crippen LogP) is 1.96. The summed E-state index contributed by atoms with van der Waals surface area (Å²) in [6, 6.07) is 9.10. The standard InChI is InChI=1S/C19H19N5O2/c25-18(13-24-6-8-26-9-7-24)23-19-21-12-16-4-3-14(10-17(16)22-19)15-2-1-5-20-11-15/h1-5,10-12H,6-9,13H2,(H,21,22,23,25)/i6D2,7D2,8D2,9D2. The summed E-state index contributed by atoms with van der Waals surface area (Å²) in [5, 5.41) is 3.02. The molecule has 0 radical (unpaired) electrons. The number of benzene rings is 1. The number of nitrogens with zero attached hydrogens (tertiary/aromatic N) is 4. The Labute approximate surface area is 162 Å². The minimum absolute atomic E-state index is 0.138.